The number of aliphatic hydroxyl groups excluding tert-OH is 1. The van der Waals surface area contributed by atoms with Crippen LogP contribution in [0.3, 0.4) is 0 Å². The second-order valence-electron chi connectivity index (χ2n) is 19.8. The normalized spacial score (nSPS) is 24.1. The average Bonchev–Trinajstić information content (AvgIpc) is 3.95. The summed E-state index contributed by atoms with van der Waals surface area (Å²) in [5.74, 6) is -3.45. The number of hydroxylamine groups is 2. The molecule has 3 heterocycles. The number of fused-ring (bicyclic) bond motifs is 4. The minimum absolute atomic E-state index is 0.00740. The number of rotatable bonds is 17. The van der Waals surface area contributed by atoms with Gasteiger partial charge in [0.2, 0.25) is 17.6 Å². The van der Waals surface area contributed by atoms with Crippen LogP contribution in [-0.4, -0.2) is 106 Å². The number of carbonyl (C=O) groups is 4. The molecule has 3 aliphatic heterocycles. The molecule has 5 aromatic rings. The number of likely N-dealkylation sites (N-methyl/N-ethyl adjacent to an activating group) is 1. The van der Waals surface area contributed by atoms with E-state index in [2.05, 4.69) is 5.32 Å². The topological polar surface area (TPSA) is 173 Å². The molecule has 9 rings (SSSR count). The summed E-state index contributed by atoms with van der Waals surface area (Å²) in [7, 11) is 1.55. The van der Waals surface area contributed by atoms with Crippen molar-refractivity contribution in [1.82, 2.24) is 15.3 Å². The van der Waals surface area contributed by atoms with Crippen molar-refractivity contribution < 1.29 is 53.2 Å². The highest BCUT2D eigenvalue weighted by Crippen LogP contribution is 2.60. The summed E-state index contributed by atoms with van der Waals surface area (Å²) in [4.78, 5) is 66.6. The van der Waals surface area contributed by atoms with E-state index in [-0.39, 0.29) is 38.0 Å². The number of hydrogen-bond donors (Lipinski definition) is 3. The molecule has 1 saturated carbocycles. The molecule has 1 aliphatic carbocycles. The lowest BCUT2D eigenvalue weighted by molar-refractivity contribution is -0.214. The summed E-state index contributed by atoms with van der Waals surface area (Å²) in [5, 5.41) is 25.1. The number of phenols is 1. The largest absolute Gasteiger partial charge is 0.508 e. The van der Waals surface area contributed by atoms with Crippen LogP contribution >= 0.6 is 0 Å². The molecule has 3 N–H and O–H groups in total. The standard InChI is InChI=1S/C57H61N3O11/c1-55(2,3)68-47(63)32-31-43(36-61)58-52(64)44(33-38-17-8-5-9-18-38)59(4)54(66)56-34-46-48-49(70-57(69-48,41-22-10-6-11-23-41)42-24-12-7-13-25-42)51(56)71-60(50(56)53(65)67-46)35-39-29-27-37(28-30-39)19-16-21-40-20-14-15-26-45(40)62/h5-20,22-30,43-44,46,48-51,61-62H,21,31-36H2,1-4H3,(H,58,64)/t43-,44+,46+,48-,49-,50-,51+,56-/m0/s1. The lowest BCUT2D eigenvalue weighted by atomic mass is 9.62. The SMILES string of the molecule is CN(C(=O)[C@@]12C[C@H]3OC(=O)[C@@H]1N(Cc1ccc(C=CCc4ccccc4O)cc1)O[C@@H]2[C@H]1OC(c2ccccc2)(c2ccccc2)O[C@H]13)[C@H](Cc1ccccc1)C(=O)N[C@H](CO)CCC(=O)OC(C)(C)C. The average molecular weight is 964 g/mol. The summed E-state index contributed by atoms with van der Waals surface area (Å²) >= 11 is 0. The highest BCUT2D eigenvalue weighted by Gasteiger charge is 2.77. The number of hydrogen-bond acceptors (Lipinski definition) is 12. The Hall–Kier alpha value is -6.68. The van der Waals surface area contributed by atoms with Crippen molar-refractivity contribution >= 4 is 29.8 Å². The minimum Gasteiger partial charge on any atom is -0.508 e. The minimum atomic E-state index is -1.64. The van der Waals surface area contributed by atoms with Crippen LogP contribution in [0.25, 0.3) is 6.08 Å². The molecule has 0 unspecified atom stereocenters. The number of aromatic hydroxyl groups is 1. The van der Waals surface area contributed by atoms with Gasteiger partial charge >= 0.3 is 11.9 Å². The van der Waals surface area contributed by atoms with Gasteiger partial charge in [-0.25, -0.2) is 0 Å². The van der Waals surface area contributed by atoms with E-state index in [0.717, 1.165) is 22.3 Å². The van der Waals surface area contributed by atoms with E-state index in [1.165, 1.54) is 9.96 Å². The zero-order valence-corrected chi connectivity index (χ0v) is 40.4. The maximum Gasteiger partial charge on any atom is 0.327 e. The van der Waals surface area contributed by atoms with Gasteiger partial charge < -0.3 is 39.4 Å². The van der Waals surface area contributed by atoms with Crippen LogP contribution in [0.2, 0.25) is 0 Å². The first-order chi connectivity index (χ1) is 34.2. The van der Waals surface area contributed by atoms with Gasteiger partial charge in [0, 0.05) is 37.4 Å². The van der Waals surface area contributed by atoms with Crippen LogP contribution in [0.4, 0.5) is 0 Å². The fourth-order valence-corrected chi connectivity index (χ4v) is 10.5. The van der Waals surface area contributed by atoms with Gasteiger partial charge in [0.15, 0.2) is 6.04 Å². The second kappa shape index (κ2) is 20.6. The van der Waals surface area contributed by atoms with E-state index in [1.54, 1.807) is 40.0 Å². The number of phenolic OH excluding ortho intramolecular Hbond substituents is 1. The predicted molar refractivity (Wildman–Crippen MR) is 263 cm³/mol. The summed E-state index contributed by atoms with van der Waals surface area (Å²) in [6, 6.07) is 40.0. The van der Waals surface area contributed by atoms with Gasteiger partial charge in [-0.2, -0.15) is 5.06 Å². The molecule has 71 heavy (non-hydrogen) atoms. The lowest BCUT2D eigenvalue weighted by Gasteiger charge is -2.50. The summed E-state index contributed by atoms with van der Waals surface area (Å²) in [5.41, 5.74) is 2.33. The van der Waals surface area contributed by atoms with Gasteiger partial charge in [-0.05, 0) is 61.9 Å². The Morgan fingerprint density at radius 2 is 1.46 bits per heavy atom. The van der Waals surface area contributed by atoms with Crippen LogP contribution in [0.1, 0.15) is 73.4 Å². The molecular formula is C57H61N3O11. The van der Waals surface area contributed by atoms with Gasteiger partial charge in [0.1, 0.15) is 47.2 Å². The molecule has 14 heteroatoms. The molecule has 370 valence electrons. The monoisotopic (exact) mass is 963 g/mol. The van der Waals surface area contributed by atoms with Crippen molar-refractivity contribution in [3.05, 3.63) is 179 Å². The van der Waals surface area contributed by atoms with Gasteiger partial charge in [-0.1, -0.05) is 146 Å². The van der Waals surface area contributed by atoms with E-state index in [9.17, 15) is 24.6 Å². The predicted octanol–water partition coefficient (Wildman–Crippen LogP) is 6.80. The maximum absolute atomic E-state index is 16.0. The molecule has 5 aromatic carbocycles. The third kappa shape index (κ3) is 10.1. The van der Waals surface area contributed by atoms with Crippen molar-refractivity contribution in [3.63, 3.8) is 0 Å². The van der Waals surface area contributed by atoms with E-state index >= 15 is 4.79 Å². The number of benzene rings is 5. The Bertz CT molecular complexity index is 2670. The third-order valence-corrected chi connectivity index (χ3v) is 13.9. The van der Waals surface area contributed by atoms with Crippen LogP contribution in [0.15, 0.2) is 146 Å². The fourth-order valence-electron chi connectivity index (χ4n) is 10.5. The van der Waals surface area contributed by atoms with Crippen LogP contribution < -0.4 is 5.32 Å². The molecule has 0 aromatic heterocycles. The van der Waals surface area contributed by atoms with E-state index < -0.39 is 89.7 Å². The van der Waals surface area contributed by atoms with Crippen molar-refractivity contribution in [2.45, 2.75) is 113 Å². The number of carbonyl (C=O) groups excluding carboxylic acids is 4. The zero-order valence-electron chi connectivity index (χ0n) is 40.4. The van der Waals surface area contributed by atoms with E-state index in [4.69, 9.17) is 23.8 Å². The number of allylic oxidation sites excluding steroid dienone is 1. The molecule has 2 bridgehead atoms. The molecule has 0 spiro atoms. The number of ether oxygens (including phenoxy) is 4. The van der Waals surface area contributed by atoms with Crippen molar-refractivity contribution in [3.8, 4) is 5.75 Å². The Kier molecular flexibility index (Phi) is 14.3. The number of esters is 2. The molecule has 8 atom stereocenters. The number of amides is 2. The highest BCUT2D eigenvalue weighted by molar-refractivity contribution is 5.96. The number of aliphatic hydroxyl groups is 1. The first-order valence-corrected chi connectivity index (χ1v) is 24.3. The van der Waals surface area contributed by atoms with Crippen molar-refractivity contribution in [1.29, 1.82) is 0 Å². The summed E-state index contributed by atoms with van der Waals surface area (Å²) < 4.78 is 26.1. The molecule has 4 fully saturated rings. The van der Waals surface area contributed by atoms with Crippen LogP contribution in [0.5, 0.6) is 5.75 Å². The Labute approximate surface area is 414 Å². The second-order valence-corrected chi connectivity index (χ2v) is 19.8. The summed E-state index contributed by atoms with van der Waals surface area (Å²) in [6.45, 7) is 4.92. The fraction of sp³-hybridized carbons (Fsp3) is 0.368. The van der Waals surface area contributed by atoms with E-state index in [0.29, 0.717) is 17.5 Å². The third-order valence-electron chi connectivity index (χ3n) is 13.9. The Morgan fingerprint density at radius 3 is 2.10 bits per heavy atom. The van der Waals surface area contributed by atoms with Crippen molar-refractivity contribution in [2.24, 2.45) is 5.41 Å². The van der Waals surface area contributed by atoms with Crippen LogP contribution in [0, 0.1) is 5.41 Å². The molecule has 2 amide bonds. The van der Waals surface area contributed by atoms with Crippen molar-refractivity contribution in [2.75, 3.05) is 13.7 Å². The maximum atomic E-state index is 16.0. The molecule has 0 radical (unpaired) electrons. The first-order valence-electron chi connectivity index (χ1n) is 24.3. The van der Waals surface area contributed by atoms with Gasteiger partial charge in [0.05, 0.1) is 19.2 Å². The zero-order chi connectivity index (χ0) is 49.9. The highest BCUT2D eigenvalue weighted by atomic mass is 16.8. The molecule has 14 nitrogen and oxygen atoms in total. The molecule has 3 saturated heterocycles. The first kappa shape index (κ1) is 49.3. The Balaban J connectivity index is 1.06. The van der Waals surface area contributed by atoms with Crippen LogP contribution in [-0.2, 0) is 68.1 Å². The van der Waals surface area contributed by atoms with Gasteiger partial charge in [-0.15, -0.1) is 0 Å². The lowest BCUT2D eigenvalue weighted by Crippen LogP contribution is -2.70. The molecule has 4 aliphatic rings. The molecular weight excluding hydrogens is 903 g/mol. The quantitative estimate of drug-likeness (QED) is 0.0834. The number of nitrogens with one attached hydrogen (secondary N) is 1. The Morgan fingerprint density at radius 1 is 0.845 bits per heavy atom. The van der Waals surface area contributed by atoms with E-state index in [1.807, 2.05) is 140 Å². The van der Waals surface area contributed by atoms with Gasteiger partial charge in [-0.3, -0.25) is 24.0 Å². The summed E-state index contributed by atoms with van der Waals surface area (Å²) in [6.07, 6.45) is 0.780. The van der Waals surface area contributed by atoms with Gasteiger partial charge in [0.25, 0.3) is 0 Å². The smallest absolute Gasteiger partial charge is 0.327 e. The number of nitrogens with zero attached hydrogens (tertiary/aromatic N) is 2. The number of para-hydroxylation sites is 1.